The average molecular weight is 324 g/mol. The smallest absolute Gasteiger partial charge is 0.308 e. The van der Waals surface area contributed by atoms with E-state index in [-0.39, 0.29) is 5.97 Å². The molecule has 2 aromatic rings. The van der Waals surface area contributed by atoms with Crippen LogP contribution in [0.25, 0.3) is 10.9 Å². The number of nitrogens with zero attached hydrogens (tertiary/aromatic N) is 1. The van der Waals surface area contributed by atoms with Crippen molar-refractivity contribution in [2.24, 2.45) is 0 Å². The highest BCUT2D eigenvalue weighted by Crippen LogP contribution is 2.24. The second-order valence-electron chi connectivity index (χ2n) is 5.52. The first kappa shape index (κ1) is 14.1. The van der Waals surface area contributed by atoms with Crippen molar-refractivity contribution in [3.63, 3.8) is 0 Å². The number of halogens is 1. The lowest BCUT2D eigenvalue weighted by molar-refractivity contribution is -0.155. The van der Waals surface area contributed by atoms with E-state index < -0.39 is 5.60 Å². The maximum absolute atomic E-state index is 11.7. The van der Waals surface area contributed by atoms with Crippen LogP contribution < -0.4 is 0 Å². The molecule has 4 heteroatoms. The van der Waals surface area contributed by atoms with Crippen LogP contribution in [0.1, 0.15) is 27.2 Å². The maximum Gasteiger partial charge on any atom is 0.308 e. The van der Waals surface area contributed by atoms with Crippen LogP contribution in [0.3, 0.4) is 0 Å². The molecule has 0 bridgehead atoms. The standard InChI is InChI=1S/C15H18BrNO2/c1-15(2,3)19-14(18)8-10-17-9-7-11-12(16)5-4-6-13(11)17/h4-7,9H,8,10H2,1-3H3. The third-order valence-corrected chi connectivity index (χ3v) is 3.43. The largest absolute Gasteiger partial charge is 0.460 e. The van der Waals surface area contributed by atoms with Crippen molar-refractivity contribution in [3.8, 4) is 0 Å². The molecule has 0 aliphatic rings. The van der Waals surface area contributed by atoms with Crippen molar-refractivity contribution in [2.45, 2.75) is 39.3 Å². The molecule has 102 valence electrons. The van der Waals surface area contributed by atoms with Crippen LogP contribution >= 0.6 is 15.9 Å². The molecule has 0 aliphatic heterocycles. The van der Waals surface area contributed by atoms with E-state index >= 15 is 0 Å². The third kappa shape index (κ3) is 3.60. The summed E-state index contributed by atoms with van der Waals surface area (Å²) in [5.41, 5.74) is 0.705. The summed E-state index contributed by atoms with van der Waals surface area (Å²) in [5.74, 6) is -0.163. The number of hydrogen-bond donors (Lipinski definition) is 0. The Morgan fingerprint density at radius 1 is 1.32 bits per heavy atom. The van der Waals surface area contributed by atoms with E-state index in [1.165, 1.54) is 0 Å². The summed E-state index contributed by atoms with van der Waals surface area (Å²) >= 11 is 3.53. The molecular formula is C15H18BrNO2. The first-order chi connectivity index (χ1) is 8.87. The topological polar surface area (TPSA) is 31.2 Å². The Kier molecular flexibility index (Phi) is 3.99. The second-order valence-corrected chi connectivity index (χ2v) is 6.37. The van der Waals surface area contributed by atoms with Gasteiger partial charge in [-0.3, -0.25) is 4.79 Å². The molecule has 0 saturated heterocycles. The fourth-order valence-electron chi connectivity index (χ4n) is 1.99. The molecule has 3 nitrogen and oxygen atoms in total. The fraction of sp³-hybridized carbons (Fsp3) is 0.400. The molecule has 0 unspecified atom stereocenters. The summed E-state index contributed by atoms with van der Waals surface area (Å²) < 4.78 is 8.45. The minimum Gasteiger partial charge on any atom is -0.460 e. The van der Waals surface area contributed by atoms with Crippen molar-refractivity contribution in [2.75, 3.05) is 0 Å². The number of fused-ring (bicyclic) bond motifs is 1. The molecule has 0 radical (unpaired) electrons. The van der Waals surface area contributed by atoms with Crippen LogP contribution in [0.2, 0.25) is 0 Å². The predicted octanol–water partition coefficient (Wildman–Crippen LogP) is 4.14. The molecule has 1 aromatic carbocycles. The zero-order chi connectivity index (χ0) is 14.0. The van der Waals surface area contributed by atoms with Gasteiger partial charge in [0.25, 0.3) is 0 Å². The van der Waals surface area contributed by atoms with Crippen LogP contribution in [-0.2, 0) is 16.1 Å². The summed E-state index contributed by atoms with van der Waals surface area (Å²) in [6.45, 7) is 6.28. The van der Waals surface area contributed by atoms with Crippen LogP contribution in [0.15, 0.2) is 34.9 Å². The summed E-state index contributed by atoms with van der Waals surface area (Å²) in [6.07, 6.45) is 2.38. The van der Waals surface area contributed by atoms with Gasteiger partial charge in [-0.25, -0.2) is 0 Å². The highest BCUT2D eigenvalue weighted by molar-refractivity contribution is 9.10. The van der Waals surface area contributed by atoms with E-state index in [0.29, 0.717) is 13.0 Å². The van der Waals surface area contributed by atoms with Gasteiger partial charge in [-0.05, 0) is 39.0 Å². The van der Waals surface area contributed by atoms with E-state index in [4.69, 9.17) is 4.74 Å². The Bertz CT molecular complexity index is 596. The van der Waals surface area contributed by atoms with Gasteiger partial charge in [0, 0.05) is 28.1 Å². The zero-order valence-corrected chi connectivity index (χ0v) is 13.0. The number of ether oxygens (including phenoxy) is 1. The van der Waals surface area contributed by atoms with Gasteiger partial charge in [0.15, 0.2) is 0 Å². The lowest BCUT2D eigenvalue weighted by Gasteiger charge is -2.19. The van der Waals surface area contributed by atoms with Gasteiger partial charge < -0.3 is 9.30 Å². The molecule has 0 atom stereocenters. The van der Waals surface area contributed by atoms with Crippen LogP contribution in [-0.4, -0.2) is 16.1 Å². The van der Waals surface area contributed by atoms with Gasteiger partial charge in [0.05, 0.1) is 6.42 Å². The Morgan fingerprint density at radius 2 is 2.05 bits per heavy atom. The third-order valence-electron chi connectivity index (χ3n) is 2.74. The molecule has 0 fully saturated rings. The van der Waals surface area contributed by atoms with E-state index in [9.17, 15) is 4.79 Å². The van der Waals surface area contributed by atoms with E-state index in [1.54, 1.807) is 0 Å². The van der Waals surface area contributed by atoms with Crippen molar-refractivity contribution >= 4 is 32.8 Å². The van der Waals surface area contributed by atoms with Crippen molar-refractivity contribution in [3.05, 3.63) is 34.9 Å². The first-order valence-corrected chi connectivity index (χ1v) is 7.11. The fourth-order valence-corrected chi connectivity index (χ4v) is 2.47. The Balaban J connectivity index is 2.07. The quantitative estimate of drug-likeness (QED) is 0.795. The monoisotopic (exact) mass is 323 g/mol. The molecule has 2 rings (SSSR count). The second kappa shape index (κ2) is 5.37. The van der Waals surface area contributed by atoms with Gasteiger partial charge in [-0.2, -0.15) is 0 Å². The number of carbonyl (C=O) groups excluding carboxylic acids is 1. The Labute approximate surface area is 121 Å². The van der Waals surface area contributed by atoms with Gasteiger partial charge in [0.1, 0.15) is 5.60 Å². The molecule has 1 heterocycles. The maximum atomic E-state index is 11.7. The highest BCUT2D eigenvalue weighted by atomic mass is 79.9. The number of esters is 1. The molecule has 1 aromatic heterocycles. The molecular weight excluding hydrogens is 306 g/mol. The van der Waals surface area contributed by atoms with E-state index in [2.05, 4.69) is 32.6 Å². The zero-order valence-electron chi connectivity index (χ0n) is 11.4. The number of hydrogen-bond acceptors (Lipinski definition) is 2. The van der Waals surface area contributed by atoms with E-state index in [0.717, 1.165) is 15.4 Å². The summed E-state index contributed by atoms with van der Waals surface area (Å²) in [6, 6.07) is 8.11. The molecule has 19 heavy (non-hydrogen) atoms. The highest BCUT2D eigenvalue weighted by Gasteiger charge is 2.16. The van der Waals surface area contributed by atoms with Crippen LogP contribution in [0.5, 0.6) is 0 Å². The number of rotatable bonds is 3. The van der Waals surface area contributed by atoms with Crippen molar-refractivity contribution in [1.29, 1.82) is 0 Å². The Hall–Kier alpha value is -1.29. The van der Waals surface area contributed by atoms with Crippen molar-refractivity contribution in [1.82, 2.24) is 4.57 Å². The van der Waals surface area contributed by atoms with E-state index in [1.807, 2.05) is 39.1 Å². The number of aryl methyl sites for hydroxylation is 1. The van der Waals surface area contributed by atoms with Gasteiger partial charge in [-0.1, -0.05) is 22.0 Å². The summed E-state index contributed by atoms with van der Waals surface area (Å²) in [7, 11) is 0. The van der Waals surface area contributed by atoms with Gasteiger partial charge >= 0.3 is 5.97 Å². The molecule has 0 N–H and O–H groups in total. The number of carbonyl (C=O) groups is 1. The SMILES string of the molecule is CC(C)(C)OC(=O)CCn1ccc2c(Br)cccc21. The predicted molar refractivity (Wildman–Crippen MR) is 80.1 cm³/mol. The lowest BCUT2D eigenvalue weighted by atomic mass is 10.2. The normalized spacial score (nSPS) is 11.8. The number of benzene rings is 1. The van der Waals surface area contributed by atoms with Crippen LogP contribution in [0.4, 0.5) is 0 Å². The van der Waals surface area contributed by atoms with Gasteiger partial charge in [-0.15, -0.1) is 0 Å². The lowest BCUT2D eigenvalue weighted by Crippen LogP contribution is -2.24. The first-order valence-electron chi connectivity index (χ1n) is 6.32. The van der Waals surface area contributed by atoms with Crippen molar-refractivity contribution < 1.29 is 9.53 Å². The molecule has 0 saturated carbocycles. The minimum absolute atomic E-state index is 0.163. The summed E-state index contributed by atoms with van der Waals surface area (Å²) in [5, 5.41) is 1.16. The average Bonchev–Trinajstić information content (AvgIpc) is 2.69. The van der Waals surface area contributed by atoms with Crippen LogP contribution in [0, 0.1) is 0 Å². The number of aromatic nitrogens is 1. The summed E-state index contributed by atoms with van der Waals surface area (Å²) in [4.78, 5) is 11.7. The molecule has 0 amide bonds. The molecule has 0 aliphatic carbocycles. The van der Waals surface area contributed by atoms with Gasteiger partial charge in [0.2, 0.25) is 0 Å². The minimum atomic E-state index is -0.418. The molecule has 0 spiro atoms. The Morgan fingerprint density at radius 3 is 2.74 bits per heavy atom.